The SMILES string of the molecule is Cc1[nH]nc(S(=O)(=O)N2CC(C)C(C)C2)c1CN. The average molecular weight is 272 g/mol. The summed E-state index contributed by atoms with van der Waals surface area (Å²) in [4.78, 5) is 0. The molecule has 1 fully saturated rings. The van der Waals surface area contributed by atoms with Crippen LogP contribution in [-0.4, -0.2) is 36.0 Å². The van der Waals surface area contributed by atoms with E-state index in [9.17, 15) is 8.42 Å². The predicted octanol–water partition coefficient (Wildman–Crippen LogP) is 0.453. The molecule has 1 aromatic rings. The van der Waals surface area contributed by atoms with Gasteiger partial charge in [-0.3, -0.25) is 5.10 Å². The number of rotatable bonds is 3. The molecule has 0 radical (unpaired) electrons. The second-order valence-corrected chi connectivity index (χ2v) is 6.97. The highest BCUT2D eigenvalue weighted by atomic mass is 32.2. The fraction of sp³-hybridized carbons (Fsp3) is 0.727. The summed E-state index contributed by atoms with van der Waals surface area (Å²) in [6.45, 7) is 7.21. The Labute approximate surface area is 108 Å². The molecule has 18 heavy (non-hydrogen) atoms. The topological polar surface area (TPSA) is 92.1 Å². The number of hydrogen-bond donors (Lipinski definition) is 2. The van der Waals surface area contributed by atoms with Gasteiger partial charge in [-0.1, -0.05) is 13.8 Å². The molecule has 1 aliphatic heterocycles. The minimum atomic E-state index is -3.52. The highest BCUT2D eigenvalue weighted by Crippen LogP contribution is 2.29. The molecule has 2 heterocycles. The minimum absolute atomic E-state index is 0.0869. The Balaban J connectivity index is 2.37. The van der Waals surface area contributed by atoms with Gasteiger partial charge in [-0.2, -0.15) is 9.40 Å². The first kappa shape index (κ1) is 13.5. The van der Waals surface area contributed by atoms with Crippen molar-refractivity contribution in [2.24, 2.45) is 17.6 Å². The third-order valence-electron chi connectivity index (χ3n) is 3.78. The second-order valence-electron chi connectivity index (χ2n) is 5.11. The first-order valence-corrected chi connectivity index (χ1v) is 7.56. The molecule has 0 bridgehead atoms. The average Bonchev–Trinajstić information content (AvgIpc) is 2.84. The maximum atomic E-state index is 12.5. The maximum Gasteiger partial charge on any atom is 0.262 e. The molecule has 0 saturated carbocycles. The number of aromatic amines is 1. The number of aromatic nitrogens is 2. The van der Waals surface area contributed by atoms with Crippen LogP contribution in [0.5, 0.6) is 0 Å². The van der Waals surface area contributed by atoms with E-state index in [1.54, 1.807) is 6.92 Å². The molecule has 2 rings (SSSR count). The quantitative estimate of drug-likeness (QED) is 0.835. The van der Waals surface area contributed by atoms with Crippen LogP contribution >= 0.6 is 0 Å². The first-order valence-electron chi connectivity index (χ1n) is 6.12. The normalized spacial score (nSPS) is 25.8. The molecule has 1 saturated heterocycles. The molecule has 1 aromatic heterocycles. The third-order valence-corrected chi connectivity index (χ3v) is 5.58. The largest absolute Gasteiger partial charge is 0.326 e. The number of sulfonamides is 1. The van der Waals surface area contributed by atoms with Crippen molar-refractivity contribution in [1.82, 2.24) is 14.5 Å². The van der Waals surface area contributed by atoms with Crippen LogP contribution in [0.4, 0.5) is 0 Å². The van der Waals surface area contributed by atoms with Gasteiger partial charge in [-0.05, 0) is 18.8 Å². The number of nitrogens with one attached hydrogen (secondary N) is 1. The van der Waals surface area contributed by atoms with E-state index < -0.39 is 10.0 Å². The number of nitrogens with two attached hydrogens (primary N) is 1. The van der Waals surface area contributed by atoms with Gasteiger partial charge in [0, 0.05) is 30.9 Å². The van der Waals surface area contributed by atoms with Gasteiger partial charge in [-0.25, -0.2) is 8.42 Å². The predicted molar refractivity (Wildman–Crippen MR) is 68.3 cm³/mol. The molecular weight excluding hydrogens is 252 g/mol. The van der Waals surface area contributed by atoms with E-state index in [4.69, 9.17) is 5.73 Å². The van der Waals surface area contributed by atoms with Gasteiger partial charge in [0.25, 0.3) is 10.0 Å². The second kappa shape index (κ2) is 4.64. The lowest BCUT2D eigenvalue weighted by atomic mass is 10.0. The van der Waals surface area contributed by atoms with Crippen molar-refractivity contribution < 1.29 is 8.42 Å². The molecule has 2 unspecified atom stereocenters. The van der Waals surface area contributed by atoms with Crippen LogP contribution in [0.25, 0.3) is 0 Å². The Kier molecular flexibility index (Phi) is 3.48. The molecule has 2 atom stereocenters. The standard InChI is InChI=1S/C11H20N4O2S/c1-7-5-15(6-8(7)2)18(16,17)11-10(4-12)9(3)13-14-11/h7-8H,4-6,12H2,1-3H3,(H,13,14). The lowest BCUT2D eigenvalue weighted by molar-refractivity contribution is 0.459. The van der Waals surface area contributed by atoms with Crippen LogP contribution in [0.3, 0.4) is 0 Å². The molecule has 6 nitrogen and oxygen atoms in total. The van der Waals surface area contributed by atoms with Crippen LogP contribution in [0.15, 0.2) is 5.03 Å². The maximum absolute atomic E-state index is 12.5. The van der Waals surface area contributed by atoms with Crippen LogP contribution in [0.1, 0.15) is 25.1 Å². The van der Waals surface area contributed by atoms with E-state index in [1.165, 1.54) is 4.31 Å². The number of aryl methyl sites for hydroxylation is 1. The molecule has 3 N–H and O–H groups in total. The zero-order chi connectivity index (χ0) is 13.5. The monoisotopic (exact) mass is 272 g/mol. The molecule has 102 valence electrons. The van der Waals surface area contributed by atoms with Crippen molar-refractivity contribution in [3.63, 3.8) is 0 Å². The number of nitrogens with zero attached hydrogens (tertiary/aromatic N) is 2. The number of H-pyrrole nitrogens is 1. The Morgan fingerprint density at radius 3 is 2.44 bits per heavy atom. The summed E-state index contributed by atoms with van der Waals surface area (Å²) in [5.41, 5.74) is 6.91. The summed E-state index contributed by atoms with van der Waals surface area (Å²) >= 11 is 0. The van der Waals surface area contributed by atoms with E-state index in [0.29, 0.717) is 30.5 Å². The summed E-state index contributed by atoms with van der Waals surface area (Å²) in [7, 11) is -3.52. The van der Waals surface area contributed by atoms with Crippen LogP contribution in [0.2, 0.25) is 0 Å². The van der Waals surface area contributed by atoms with E-state index in [2.05, 4.69) is 24.0 Å². The van der Waals surface area contributed by atoms with Crippen LogP contribution in [-0.2, 0) is 16.6 Å². The molecule has 1 aliphatic rings. The van der Waals surface area contributed by atoms with Gasteiger partial charge in [-0.15, -0.1) is 0 Å². The highest BCUT2D eigenvalue weighted by Gasteiger charge is 2.37. The van der Waals surface area contributed by atoms with Gasteiger partial charge in [0.15, 0.2) is 5.03 Å². The van der Waals surface area contributed by atoms with E-state index in [-0.39, 0.29) is 11.6 Å². The fourth-order valence-corrected chi connectivity index (χ4v) is 4.10. The van der Waals surface area contributed by atoms with Gasteiger partial charge in [0.05, 0.1) is 0 Å². The number of hydrogen-bond acceptors (Lipinski definition) is 4. The third kappa shape index (κ3) is 2.06. The van der Waals surface area contributed by atoms with Gasteiger partial charge in [0.1, 0.15) is 0 Å². The molecule has 0 aliphatic carbocycles. The molecule has 0 amide bonds. The molecule has 0 aromatic carbocycles. The fourth-order valence-electron chi connectivity index (χ4n) is 2.28. The Hall–Kier alpha value is -0.920. The van der Waals surface area contributed by atoms with Crippen molar-refractivity contribution in [2.75, 3.05) is 13.1 Å². The zero-order valence-corrected chi connectivity index (χ0v) is 11.8. The van der Waals surface area contributed by atoms with Crippen molar-refractivity contribution >= 4 is 10.0 Å². The van der Waals surface area contributed by atoms with Crippen molar-refractivity contribution in [2.45, 2.75) is 32.3 Å². The van der Waals surface area contributed by atoms with E-state index >= 15 is 0 Å². The van der Waals surface area contributed by atoms with Crippen molar-refractivity contribution in [1.29, 1.82) is 0 Å². The summed E-state index contributed by atoms with van der Waals surface area (Å²) in [6.07, 6.45) is 0. The Bertz CT molecular complexity index is 527. The smallest absolute Gasteiger partial charge is 0.262 e. The minimum Gasteiger partial charge on any atom is -0.326 e. The molecule has 0 spiro atoms. The van der Waals surface area contributed by atoms with Crippen molar-refractivity contribution in [3.05, 3.63) is 11.3 Å². The highest BCUT2D eigenvalue weighted by molar-refractivity contribution is 7.89. The van der Waals surface area contributed by atoms with Gasteiger partial charge in [0.2, 0.25) is 0 Å². The Morgan fingerprint density at radius 2 is 1.94 bits per heavy atom. The summed E-state index contributed by atoms with van der Waals surface area (Å²) in [6, 6.07) is 0. The van der Waals surface area contributed by atoms with Gasteiger partial charge < -0.3 is 5.73 Å². The zero-order valence-electron chi connectivity index (χ0n) is 11.0. The molecular formula is C11H20N4O2S. The van der Waals surface area contributed by atoms with Crippen molar-refractivity contribution in [3.8, 4) is 0 Å². The van der Waals surface area contributed by atoms with E-state index in [1.807, 2.05) is 0 Å². The summed E-state index contributed by atoms with van der Waals surface area (Å²) in [5.74, 6) is 0.752. The first-order chi connectivity index (χ1) is 8.37. The lowest BCUT2D eigenvalue weighted by Gasteiger charge is -2.15. The lowest BCUT2D eigenvalue weighted by Crippen LogP contribution is -2.30. The summed E-state index contributed by atoms with van der Waals surface area (Å²) < 4.78 is 26.5. The van der Waals surface area contributed by atoms with E-state index in [0.717, 1.165) is 5.69 Å². The van der Waals surface area contributed by atoms with Crippen LogP contribution in [0, 0.1) is 18.8 Å². The van der Waals surface area contributed by atoms with Gasteiger partial charge >= 0.3 is 0 Å². The summed E-state index contributed by atoms with van der Waals surface area (Å²) in [5, 5.41) is 6.71. The van der Waals surface area contributed by atoms with Crippen LogP contribution < -0.4 is 5.73 Å². The molecule has 7 heteroatoms. The Morgan fingerprint density at radius 1 is 1.39 bits per heavy atom.